The van der Waals surface area contributed by atoms with Gasteiger partial charge in [-0.05, 0) is 44.9 Å². The second-order valence-corrected chi connectivity index (χ2v) is 33.8. The van der Waals surface area contributed by atoms with Crippen LogP contribution in [0.1, 0.15) is 425 Å². The van der Waals surface area contributed by atoms with Gasteiger partial charge in [0, 0.05) is 6.42 Å². The van der Waals surface area contributed by atoms with Crippen LogP contribution >= 0.6 is 0 Å². The van der Waals surface area contributed by atoms with E-state index in [4.69, 9.17) is 28.4 Å². The molecule has 0 radical (unpaired) electrons. The standard InChI is InChI=1S/C92H175NO18/c1-3-5-7-9-11-13-15-17-19-21-23-25-27-29-31-32-33-34-35-36-37-38-39-40-41-42-44-46-48-50-52-54-56-58-60-62-64-66-68-70-80(98)93-75(76(97)69-67-65-63-61-59-57-55-53-51-49-47-45-43-30-28-26-24-22-20-18-16-14-12-10-8-6-4-2)74-106-90-86(104)83(101)88(78(72-95)108-90)111-92-87(105)84(102)89(79(73-96)109-92)110-91-85(103)82(100)81(99)77(71-94)107-91/h15,17,21,23,75-79,81-92,94-97,99-105H,3-14,16,18-20,22,24-74H2,1-2H3,(H,93,98)/b17-15-,23-21-. The van der Waals surface area contributed by atoms with Crippen molar-refractivity contribution in [2.24, 2.45) is 0 Å². The number of rotatable bonds is 78. The van der Waals surface area contributed by atoms with Crippen LogP contribution in [0.25, 0.3) is 0 Å². The molecule has 0 spiro atoms. The maximum atomic E-state index is 13.6. The van der Waals surface area contributed by atoms with Crippen molar-refractivity contribution < 1.29 is 89.4 Å². The van der Waals surface area contributed by atoms with Crippen molar-refractivity contribution in [1.82, 2.24) is 5.32 Å². The number of nitrogens with one attached hydrogen (secondary N) is 1. The predicted molar refractivity (Wildman–Crippen MR) is 448 cm³/mol. The fourth-order valence-electron chi connectivity index (χ4n) is 16.3. The minimum atomic E-state index is -1.97. The Morgan fingerprint density at radius 3 is 0.919 bits per heavy atom. The zero-order chi connectivity index (χ0) is 80.3. The van der Waals surface area contributed by atoms with Crippen LogP contribution in [0, 0.1) is 0 Å². The maximum Gasteiger partial charge on any atom is 0.220 e. The molecule has 0 aliphatic carbocycles. The fourth-order valence-corrected chi connectivity index (χ4v) is 16.3. The van der Waals surface area contributed by atoms with E-state index in [2.05, 4.69) is 43.5 Å². The van der Waals surface area contributed by atoms with Gasteiger partial charge in [-0.3, -0.25) is 4.79 Å². The molecule has 17 unspecified atom stereocenters. The summed E-state index contributed by atoms with van der Waals surface area (Å²) in [5.41, 5.74) is 0. The first-order valence-corrected chi connectivity index (χ1v) is 47.1. The van der Waals surface area contributed by atoms with E-state index >= 15 is 0 Å². The van der Waals surface area contributed by atoms with Gasteiger partial charge in [-0.25, -0.2) is 0 Å². The second kappa shape index (κ2) is 72.3. The number of hydrogen-bond donors (Lipinski definition) is 12. The molecule has 0 aromatic rings. The summed E-state index contributed by atoms with van der Waals surface area (Å²) >= 11 is 0. The van der Waals surface area contributed by atoms with Crippen molar-refractivity contribution in [3.05, 3.63) is 24.3 Å². The van der Waals surface area contributed by atoms with Gasteiger partial charge in [0.15, 0.2) is 18.9 Å². The van der Waals surface area contributed by atoms with Crippen molar-refractivity contribution in [1.29, 1.82) is 0 Å². The molecule has 3 heterocycles. The molecular formula is C92H175NO18. The van der Waals surface area contributed by atoms with E-state index in [9.17, 15) is 61.0 Å². The van der Waals surface area contributed by atoms with Gasteiger partial charge in [0.2, 0.25) is 5.91 Å². The highest BCUT2D eigenvalue weighted by atomic mass is 16.8. The van der Waals surface area contributed by atoms with Crippen LogP contribution in [0.15, 0.2) is 24.3 Å². The third-order valence-electron chi connectivity index (χ3n) is 23.8. The maximum absolute atomic E-state index is 13.6. The van der Waals surface area contributed by atoms with E-state index in [-0.39, 0.29) is 18.9 Å². The Morgan fingerprint density at radius 2 is 0.595 bits per heavy atom. The molecular weight excluding hydrogens is 1410 g/mol. The molecule has 19 nitrogen and oxygen atoms in total. The van der Waals surface area contributed by atoms with E-state index in [1.165, 1.54) is 340 Å². The highest BCUT2D eigenvalue weighted by molar-refractivity contribution is 5.76. The normalized spacial score (nSPS) is 25.1. The lowest BCUT2D eigenvalue weighted by atomic mass is 9.96. The van der Waals surface area contributed by atoms with Crippen molar-refractivity contribution >= 4 is 5.91 Å². The number of aliphatic hydroxyl groups is 11. The highest BCUT2D eigenvalue weighted by Crippen LogP contribution is 2.34. The number of carbonyl (C=O) groups excluding carboxylic acids is 1. The van der Waals surface area contributed by atoms with E-state index in [1.807, 2.05) is 0 Å². The quantitative estimate of drug-likeness (QED) is 0.0199. The molecule has 0 saturated carbocycles. The minimum absolute atomic E-state index is 0.232. The van der Waals surface area contributed by atoms with Crippen molar-refractivity contribution in [2.75, 3.05) is 26.4 Å². The van der Waals surface area contributed by atoms with Crippen molar-refractivity contribution in [2.45, 2.75) is 529 Å². The molecule has 19 heteroatoms. The van der Waals surface area contributed by atoms with Gasteiger partial charge in [-0.1, -0.05) is 398 Å². The Bertz CT molecular complexity index is 2090. The zero-order valence-electron chi connectivity index (χ0n) is 71.0. The molecule has 1 amide bonds. The van der Waals surface area contributed by atoms with Gasteiger partial charge in [-0.15, -0.1) is 0 Å². The summed E-state index contributed by atoms with van der Waals surface area (Å²) in [4.78, 5) is 13.6. The fraction of sp³-hybridized carbons (Fsp3) is 0.946. The molecule has 3 aliphatic rings. The lowest BCUT2D eigenvalue weighted by Crippen LogP contribution is -2.66. The summed E-state index contributed by atoms with van der Waals surface area (Å²) in [7, 11) is 0. The Morgan fingerprint density at radius 1 is 0.324 bits per heavy atom. The molecule has 0 aromatic heterocycles. The number of hydrogen-bond acceptors (Lipinski definition) is 18. The van der Waals surface area contributed by atoms with Crippen LogP contribution in [-0.2, 0) is 33.2 Å². The lowest BCUT2D eigenvalue weighted by molar-refractivity contribution is -0.379. The van der Waals surface area contributed by atoms with Crippen LogP contribution < -0.4 is 5.32 Å². The number of aliphatic hydroxyl groups excluding tert-OH is 11. The van der Waals surface area contributed by atoms with Gasteiger partial charge < -0.3 is 89.9 Å². The van der Waals surface area contributed by atoms with E-state index in [0.717, 1.165) is 51.4 Å². The largest absolute Gasteiger partial charge is 0.394 e. The highest BCUT2D eigenvalue weighted by Gasteiger charge is 2.54. The average molecular weight is 1580 g/mol. The Kier molecular flexibility index (Phi) is 67.4. The van der Waals surface area contributed by atoms with Crippen LogP contribution in [0.5, 0.6) is 0 Å². The van der Waals surface area contributed by atoms with Gasteiger partial charge in [0.1, 0.15) is 73.2 Å². The summed E-state index contributed by atoms with van der Waals surface area (Å²) in [6, 6.07) is -0.886. The van der Waals surface area contributed by atoms with Gasteiger partial charge >= 0.3 is 0 Å². The van der Waals surface area contributed by atoms with E-state index < -0.39 is 124 Å². The first kappa shape index (κ1) is 103. The summed E-state index contributed by atoms with van der Waals surface area (Å²) in [5.74, 6) is -0.232. The number of allylic oxidation sites excluding steroid dienone is 4. The van der Waals surface area contributed by atoms with Crippen LogP contribution in [-0.4, -0.2) is 193 Å². The number of carbonyl (C=O) groups is 1. The first-order chi connectivity index (χ1) is 54.3. The van der Waals surface area contributed by atoms with Crippen LogP contribution in [0.3, 0.4) is 0 Å². The molecule has 12 N–H and O–H groups in total. The van der Waals surface area contributed by atoms with Gasteiger partial charge in [0.05, 0.1) is 38.6 Å². The second-order valence-electron chi connectivity index (χ2n) is 33.8. The van der Waals surface area contributed by atoms with Gasteiger partial charge in [0.25, 0.3) is 0 Å². The molecule has 3 fully saturated rings. The zero-order valence-corrected chi connectivity index (χ0v) is 71.0. The van der Waals surface area contributed by atoms with Crippen molar-refractivity contribution in [3.63, 3.8) is 0 Å². The molecule has 3 rings (SSSR count). The average Bonchev–Trinajstić information content (AvgIpc) is 0.780. The first-order valence-electron chi connectivity index (χ1n) is 47.1. The topological polar surface area (TPSA) is 307 Å². The monoisotopic (exact) mass is 1580 g/mol. The van der Waals surface area contributed by atoms with Crippen LogP contribution in [0.4, 0.5) is 0 Å². The smallest absolute Gasteiger partial charge is 0.220 e. The summed E-state index contributed by atoms with van der Waals surface area (Å²) in [5, 5.41) is 121. The van der Waals surface area contributed by atoms with Gasteiger partial charge in [-0.2, -0.15) is 0 Å². The number of ether oxygens (including phenoxy) is 6. The summed E-state index contributed by atoms with van der Waals surface area (Å²) in [6.07, 6.45) is 64.5. The minimum Gasteiger partial charge on any atom is -0.394 e. The molecule has 0 aromatic carbocycles. The molecule has 0 bridgehead atoms. The van der Waals surface area contributed by atoms with Crippen molar-refractivity contribution in [3.8, 4) is 0 Å². The Hall–Kier alpha value is -1.73. The Labute approximate surface area is 677 Å². The lowest BCUT2D eigenvalue weighted by Gasteiger charge is -2.48. The third kappa shape index (κ3) is 50.7. The van der Waals surface area contributed by atoms with E-state index in [0.29, 0.717) is 12.8 Å². The Balaban J connectivity index is 1.29. The van der Waals surface area contributed by atoms with E-state index in [1.54, 1.807) is 0 Å². The molecule has 656 valence electrons. The molecule has 3 aliphatic heterocycles. The third-order valence-corrected chi connectivity index (χ3v) is 23.8. The predicted octanol–water partition coefficient (Wildman–Crippen LogP) is 18.4. The summed E-state index contributed by atoms with van der Waals surface area (Å²) in [6.45, 7) is 1.87. The molecule has 17 atom stereocenters. The SMILES string of the molecule is CCCCCCC/C=C\C/C=C\CCCCCCCCCCCCCCCCCCCCCCCCCCCCCC(=O)NC(COC1OC(CO)C(OC2OC(CO)C(OC3OC(CO)C(O)C(O)C3O)C(O)C2O)C(O)C1O)C(O)CCCCCCCCCCCCCCCCCCCCCCCCCCCCC. The molecule has 111 heavy (non-hydrogen) atoms. The summed E-state index contributed by atoms with van der Waals surface area (Å²) < 4.78 is 34.6. The van der Waals surface area contributed by atoms with Crippen LogP contribution in [0.2, 0.25) is 0 Å². The number of unbranched alkanes of at least 4 members (excludes halogenated alkanes) is 58. The number of amides is 1. The molecule has 3 saturated heterocycles.